The first kappa shape index (κ1) is 34.2. The van der Waals surface area contributed by atoms with Crippen LogP contribution in [-0.2, 0) is 11.8 Å². The van der Waals surface area contributed by atoms with Gasteiger partial charge in [-0.1, -0.05) is 172 Å². The fourth-order valence-corrected chi connectivity index (χ4v) is 9.70. The van der Waals surface area contributed by atoms with Crippen LogP contribution in [0.15, 0.2) is 188 Å². The first-order valence-corrected chi connectivity index (χ1v) is 20.4. The summed E-state index contributed by atoms with van der Waals surface area (Å²) in [6.07, 6.45) is 0.871. The Morgan fingerprint density at radius 1 is 0.431 bits per heavy atom. The molecule has 0 fully saturated rings. The van der Waals surface area contributed by atoms with Crippen LogP contribution in [-0.4, -0.2) is 9.55 Å². The second-order valence-electron chi connectivity index (χ2n) is 16.2. The van der Waals surface area contributed by atoms with Gasteiger partial charge in [-0.25, -0.2) is 4.98 Å². The molecule has 0 amide bonds. The Hall–Kier alpha value is -7.03. The van der Waals surface area contributed by atoms with Gasteiger partial charge in [0, 0.05) is 17.5 Å². The van der Waals surface area contributed by atoms with Gasteiger partial charge >= 0.3 is 0 Å². The predicted octanol–water partition coefficient (Wildman–Crippen LogP) is 14.9. The van der Waals surface area contributed by atoms with E-state index in [-0.39, 0.29) is 5.41 Å². The molecule has 0 spiro atoms. The topological polar surface area (TPSA) is 17.8 Å². The molecule has 11 rings (SSSR count). The van der Waals surface area contributed by atoms with Gasteiger partial charge in [0.05, 0.1) is 11.0 Å². The summed E-state index contributed by atoms with van der Waals surface area (Å²) in [7, 11) is 0. The van der Waals surface area contributed by atoms with Crippen LogP contribution in [0, 0.1) is 0 Å². The van der Waals surface area contributed by atoms with E-state index < -0.39 is 0 Å². The van der Waals surface area contributed by atoms with Crippen LogP contribution >= 0.6 is 0 Å². The molecule has 0 saturated heterocycles. The van der Waals surface area contributed by atoms with E-state index in [0.717, 1.165) is 29.0 Å². The van der Waals surface area contributed by atoms with E-state index in [1.165, 1.54) is 88.3 Å². The molecular formula is C56H42N2. The van der Waals surface area contributed by atoms with Crippen LogP contribution in [0.2, 0.25) is 0 Å². The molecule has 0 bridgehead atoms. The van der Waals surface area contributed by atoms with Crippen molar-refractivity contribution in [2.45, 2.75) is 32.6 Å². The summed E-state index contributed by atoms with van der Waals surface area (Å²) in [4.78, 5) is 4.90. The lowest BCUT2D eigenvalue weighted by atomic mass is 9.80. The predicted molar refractivity (Wildman–Crippen MR) is 245 cm³/mol. The Morgan fingerprint density at radius 3 is 1.74 bits per heavy atom. The van der Waals surface area contributed by atoms with Crippen molar-refractivity contribution >= 4 is 32.6 Å². The van der Waals surface area contributed by atoms with E-state index in [0.29, 0.717) is 0 Å². The number of fused-ring (bicyclic) bond motifs is 6. The highest BCUT2D eigenvalue weighted by Gasteiger charge is 2.35. The number of hydrogen-bond donors (Lipinski definition) is 0. The van der Waals surface area contributed by atoms with E-state index in [4.69, 9.17) is 4.98 Å². The van der Waals surface area contributed by atoms with E-state index in [9.17, 15) is 0 Å². The Balaban J connectivity index is 1.06. The zero-order valence-corrected chi connectivity index (χ0v) is 33.0. The highest BCUT2D eigenvalue weighted by Crippen LogP contribution is 2.51. The third kappa shape index (κ3) is 5.29. The van der Waals surface area contributed by atoms with E-state index >= 15 is 0 Å². The Morgan fingerprint density at radius 2 is 0.983 bits per heavy atom. The van der Waals surface area contributed by atoms with Gasteiger partial charge in [-0.05, 0) is 125 Å². The molecule has 58 heavy (non-hydrogen) atoms. The average Bonchev–Trinajstić information content (AvgIpc) is 3.77. The quantitative estimate of drug-likeness (QED) is 0.155. The third-order valence-corrected chi connectivity index (χ3v) is 12.6. The maximum atomic E-state index is 4.90. The van der Waals surface area contributed by atoms with Gasteiger partial charge in [0.1, 0.15) is 5.82 Å². The summed E-state index contributed by atoms with van der Waals surface area (Å²) in [5, 5.41) is 5.05. The first-order valence-electron chi connectivity index (χ1n) is 20.4. The molecule has 276 valence electrons. The normalized spacial score (nSPS) is 12.9. The van der Waals surface area contributed by atoms with E-state index in [1.807, 2.05) is 0 Å². The lowest BCUT2D eigenvalue weighted by molar-refractivity contribution is 0.660. The van der Waals surface area contributed by atoms with Crippen LogP contribution in [0.25, 0.3) is 93.9 Å². The molecule has 0 radical (unpaired) electrons. The first-order chi connectivity index (χ1) is 28.5. The lowest BCUT2D eigenvalue weighted by Gasteiger charge is -2.23. The molecule has 0 saturated carbocycles. The highest BCUT2D eigenvalue weighted by atomic mass is 15.1. The van der Waals surface area contributed by atoms with Crippen molar-refractivity contribution in [2.75, 3.05) is 0 Å². The number of imidazole rings is 1. The number of hydrogen-bond acceptors (Lipinski definition) is 1. The van der Waals surface area contributed by atoms with Crippen LogP contribution < -0.4 is 0 Å². The van der Waals surface area contributed by atoms with Gasteiger partial charge in [0.2, 0.25) is 0 Å². The fraction of sp³-hybridized carbons (Fsp3) is 0.0893. The Bertz CT molecular complexity index is 3200. The van der Waals surface area contributed by atoms with Crippen molar-refractivity contribution in [1.29, 1.82) is 0 Å². The third-order valence-electron chi connectivity index (χ3n) is 12.6. The molecule has 0 aliphatic heterocycles. The Kier molecular flexibility index (Phi) is 7.84. The van der Waals surface area contributed by atoms with Crippen LogP contribution in [0.4, 0.5) is 0 Å². The van der Waals surface area contributed by atoms with Gasteiger partial charge in [0.15, 0.2) is 0 Å². The smallest absolute Gasteiger partial charge is 0.114 e. The summed E-state index contributed by atoms with van der Waals surface area (Å²) < 4.78 is 2.29. The van der Waals surface area contributed by atoms with Gasteiger partial charge in [0.25, 0.3) is 0 Å². The summed E-state index contributed by atoms with van der Waals surface area (Å²) in [6.45, 7) is 6.91. The number of aryl methyl sites for hydroxylation is 1. The maximum absolute atomic E-state index is 4.90. The molecular weight excluding hydrogens is 701 g/mol. The molecule has 2 nitrogen and oxygen atoms in total. The minimum Gasteiger partial charge on any atom is -0.296 e. The maximum Gasteiger partial charge on any atom is 0.114 e. The molecule has 1 heterocycles. The molecule has 0 unspecified atom stereocenters. The average molecular weight is 743 g/mol. The zero-order valence-electron chi connectivity index (χ0n) is 33.0. The van der Waals surface area contributed by atoms with E-state index in [1.54, 1.807) is 0 Å². The second-order valence-corrected chi connectivity index (χ2v) is 16.2. The van der Waals surface area contributed by atoms with Crippen molar-refractivity contribution in [2.24, 2.45) is 0 Å². The number of aromatic nitrogens is 2. The molecule has 0 atom stereocenters. The largest absolute Gasteiger partial charge is 0.296 e. The van der Waals surface area contributed by atoms with Crippen molar-refractivity contribution < 1.29 is 0 Å². The van der Waals surface area contributed by atoms with E-state index in [2.05, 4.69) is 213 Å². The lowest BCUT2D eigenvalue weighted by Crippen LogP contribution is -2.14. The zero-order chi connectivity index (χ0) is 39.0. The highest BCUT2D eigenvalue weighted by molar-refractivity contribution is 6.22. The summed E-state index contributed by atoms with van der Waals surface area (Å²) in [6, 6.07) is 69.4. The van der Waals surface area contributed by atoms with Crippen molar-refractivity contribution in [3.05, 3.63) is 205 Å². The number of rotatable bonds is 6. The van der Waals surface area contributed by atoms with Crippen LogP contribution in [0.3, 0.4) is 0 Å². The van der Waals surface area contributed by atoms with Gasteiger partial charge < -0.3 is 0 Å². The summed E-state index contributed by atoms with van der Waals surface area (Å²) in [5.74, 6) is 1.07. The summed E-state index contributed by atoms with van der Waals surface area (Å²) in [5.41, 5.74) is 18.6. The molecule has 9 aromatic carbocycles. The standard InChI is InChI=1S/C56H42N2/c1-4-53-57-51-20-12-13-21-52(51)58(53)42-30-26-38(27-31-42)37-22-24-39(25-23-37)54-45-17-8-9-18-46(45)55(48-34-40(28-33-47(48)54)36-14-6-5-7-15-36)41-29-32-44-43-16-10-11-19-49(43)56(2,3)50(44)35-41/h5-35H,4H2,1-3H3. The van der Waals surface area contributed by atoms with Gasteiger partial charge in [-0.15, -0.1) is 0 Å². The van der Waals surface area contributed by atoms with Gasteiger partial charge in [-0.3, -0.25) is 4.57 Å². The SMILES string of the molecule is CCc1nc2ccccc2n1-c1ccc(-c2ccc(-c3c4ccccc4c(-c4ccc5c(c4)C(C)(C)c4ccccc4-5)c4cc(-c5ccccc5)ccc34)cc2)cc1. The number of nitrogens with zero attached hydrogens (tertiary/aromatic N) is 2. The van der Waals surface area contributed by atoms with Crippen molar-refractivity contribution in [1.82, 2.24) is 9.55 Å². The molecule has 0 N–H and O–H groups in total. The number of para-hydroxylation sites is 2. The van der Waals surface area contributed by atoms with Crippen LogP contribution in [0.5, 0.6) is 0 Å². The molecule has 2 heteroatoms. The number of benzene rings is 9. The molecule has 1 aliphatic rings. The minimum atomic E-state index is -0.0862. The van der Waals surface area contributed by atoms with Gasteiger partial charge in [-0.2, -0.15) is 0 Å². The molecule has 1 aromatic heterocycles. The molecule has 1 aliphatic carbocycles. The van der Waals surface area contributed by atoms with Crippen molar-refractivity contribution in [3.63, 3.8) is 0 Å². The second kappa shape index (κ2) is 13.3. The minimum absolute atomic E-state index is 0.0862. The Labute approximate surface area is 339 Å². The van der Waals surface area contributed by atoms with Crippen molar-refractivity contribution in [3.8, 4) is 61.3 Å². The fourth-order valence-electron chi connectivity index (χ4n) is 9.70. The monoisotopic (exact) mass is 742 g/mol. The summed E-state index contributed by atoms with van der Waals surface area (Å²) >= 11 is 0. The molecule has 10 aromatic rings. The van der Waals surface area contributed by atoms with Crippen LogP contribution in [0.1, 0.15) is 37.7 Å².